The van der Waals surface area contributed by atoms with Gasteiger partial charge >= 0.3 is 0 Å². The van der Waals surface area contributed by atoms with Crippen molar-refractivity contribution in [2.45, 2.75) is 45.1 Å². The number of amides is 1. The minimum absolute atomic E-state index is 0.0586. The molecular weight excluding hydrogens is 366 g/mol. The van der Waals surface area contributed by atoms with Crippen molar-refractivity contribution in [1.29, 1.82) is 5.26 Å². The molecule has 2 aromatic rings. The quantitative estimate of drug-likeness (QED) is 0.842. The topological polar surface area (TPSA) is 97.2 Å². The lowest BCUT2D eigenvalue weighted by Gasteiger charge is -2.30. The lowest BCUT2D eigenvalue weighted by molar-refractivity contribution is -0.122. The number of hydrogen-bond acceptors (Lipinski definition) is 5. The maximum absolute atomic E-state index is 11.9. The summed E-state index contributed by atoms with van der Waals surface area (Å²) in [6, 6.07) is 6.59. The highest BCUT2D eigenvalue weighted by Crippen LogP contribution is 2.40. The van der Waals surface area contributed by atoms with Crippen LogP contribution < -0.4 is 15.4 Å². The minimum Gasteiger partial charge on any atom is -0.491 e. The number of nitrogens with zero attached hydrogens (tertiary/aromatic N) is 4. The second kappa shape index (κ2) is 7.25. The molecule has 2 unspecified atom stereocenters. The average molecular weight is 393 g/mol. The lowest BCUT2D eigenvalue weighted by Crippen LogP contribution is -2.36. The van der Waals surface area contributed by atoms with Gasteiger partial charge in [-0.05, 0) is 62.1 Å². The first-order chi connectivity index (χ1) is 14.1. The number of aryl methyl sites for hydroxylation is 1. The molecule has 2 N–H and O–H groups in total. The number of nitrogens with two attached hydrogens (primary N) is 1. The third-order valence-electron chi connectivity index (χ3n) is 6.53. The second-order valence-electron chi connectivity index (χ2n) is 8.69. The summed E-state index contributed by atoms with van der Waals surface area (Å²) in [5.41, 5.74) is 8.68. The van der Waals surface area contributed by atoms with E-state index < -0.39 is 0 Å². The van der Waals surface area contributed by atoms with Crippen molar-refractivity contribution in [2.75, 3.05) is 24.6 Å². The molecule has 0 spiro atoms. The minimum atomic E-state index is -0.207. The molecule has 1 aliphatic carbocycles. The highest BCUT2D eigenvalue weighted by atomic mass is 16.5. The Morgan fingerprint density at radius 1 is 1.31 bits per heavy atom. The number of carbonyl (C=O) groups is 1. The van der Waals surface area contributed by atoms with Crippen LogP contribution >= 0.6 is 0 Å². The summed E-state index contributed by atoms with van der Waals surface area (Å²) in [7, 11) is 0. The van der Waals surface area contributed by atoms with Gasteiger partial charge in [0.25, 0.3) is 0 Å². The Kier molecular flexibility index (Phi) is 4.57. The molecule has 3 heterocycles. The zero-order valence-corrected chi connectivity index (χ0v) is 16.6. The molecule has 0 radical (unpaired) electrons. The molecule has 3 aliphatic rings. The highest BCUT2D eigenvalue weighted by Gasteiger charge is 2.35. The second-order valence-corrected chi connectivity index (χ2v) is 8.69. The van der Waals surface area contributed by atoms with E-state index in [-0.39, 0.29) is 17.7 Å². The third kappa shape index (κ3) is 3.41. The van der Waals surface area contributed by atoms with E-state index in [9.17, 15) is 10.1 Å². The van der Waals surface area contributed by atoms with Crippen LogP contribution in [0.4, 0.5) is 5.95 Å². The fourth-order valence-electron chi connectivity index (χ4n) is 4.88. The Morgan fingerprint density at radius 2 is 2.17 bits per heavy atom. The number of anilines is 1. The summed E-state index contributed by atoms with van der Waals surface area (Å²) in [5, 5.41) is 9.38. The molecule has 2 atom stereocenters. The van der Waals surface area contributed by atoms with E-state index in [0.717, 1.165) is 80.0 Å². The van der Waals surface area contributed by atoms with E-state index >= 15 is 0 Å². The lowest BCUT2D eigenvalue weighted by atomic mass is 9.94. The molecule has 152 valence electrons. The van der Waals surface area contributed by atoms with Gasteiger partial charge in [-0.15, -0.1) is 0 Å². The number of imidazole rings is 1. The van der Waals surface area contributed by atoms with E-state index in [4.69, 9.17) is 15.5 Å². The Balaban J connectivity index is 1.54. The highest BCUT2D eigenvalue weighted by molar-refractivity contribution is 5.86. The van der Waals surface area contributed by atoms with Crippen molar-refractivity contribution < 1.29 is 9.53 Å². The zero-order chi connectivity index (χ0) is 20.0. The van der Waals surface area contributed by atoms with Crippen LogP contribution in [0.1, 0.15) is 37.7 Å². The number of carbonyl (C=O) groups excluding carboxylic acids is 1. The molecule has 1 saturated heterocycles. The number of nitriles is 1. The van der Waals surface area contributed by atoms with Crippen LogP contribution in [0.5, 0.6) is 5.75 Å². The summed E-state index contributed by atoms with van der Waals surface area (Å²) in [4.78, 5) is 19.2. The standard InChI is InChI=1S/C22H27N5O2/c23-12-14-3-1-6-26(13-14)22-25-18-10-15(9-17(21(24)28)16-4-5-16)11-19-20(18)27(22)7-2-8-29-19/h10-11,14,16-17H,1-9,13H2,(H2,24,28). The maximum atomic E-state index is 11.9. The Bertz CT molecular complexity index is 987. The summed E-state index contributed by atoms with van der Waals surface area (Å²) in [6.07, 6.45) is 5.72. The fraction of sp³-hybridized carbons (Fsp3) is 0.591. The molecule has 1 saturated carbocycles. The molecule has 7 nitrogen and oxygen atoms in total. The molecule has 1 aromatic heterocycles. The summed E-state index contributed by atoms with van der Waals surface area (Å²) < 4.78 is 8.33. The van der Waals surface area contributed by atoms with Gasteiger partial charge in [0.2, 0.25) is 11.9 Å². The predicted octanol–water partition coefficient (Wildman–Crippen LogP) is 2.61. The van der Waals surface area contributed by atoms with E-state index in [1.165, 1.54) is 0 Å². The number of rotatable bonds is 5. The summed E-state index contributed by atoms with van der Waals surface area (Å²) in [6.45, 7) is 3.19. The van der Waals surface area contributed by atoms with Crippen molar-refractivity contribution in [1.82, 2.24) is 9.55 Å². The van der Waals surface area contributed by atoms with Crippen molar-refractivity contribution in [3.63, 3.8) is 0 Å². The predicted molar refractivity (Wildman–Crippen MR) is 110 cm³/mol. The van der Waals surface area contributed by atoms with Crippen LogP contribution in [-0.2, 0) is 17.8 Å². The van der Waals surface area contributed by atoms with Crippen LogP contribution in [0, 0.1) is 29.1 Å². The van der Waals surface area contributed by atoms with Gasteiger partial charge in [0.1, 0.15) is 11.3 Å². The van der Waals surface area contributed by atoms with Crippen LogP contribution in [0.3, 0.4) is 0 Å². The smallest absolute Gasteiger partial charge is 0.221 e. The van der Waals surface area contributed by atoms with Crippen molar-refractivity contribution in [2.24, 2.45) is 23.5 Å². The Labute approximate surface area is 170 Å². The maximum Gasteiger partial charge on any atom is 0.221 e. The SMILES string of the molecule is N#CC1CCCN(c2nc3cc(CC(C(N)=O)C4CC4)cc4c3n2CCCO4)C1. The van der Waals surface area contributed by atoms with Gasteiger partial charge in [-0.2, -0.15) is 5.26 Å². The third-order valence-corrected chi connectivity index (χ3v) is 6.53. The van der Waals surface area contributed by atoms with E-state index in [0.29, 0.717) is 18.9 Å². The van der Waals surface area contributed by atoms with Gasteiger partial charge in [-0.1, -0.05) is 0 Å². The Hall–Kier alpha value is -2.75. The van der Waals surface area contributed by atoms with Gasteiger partial charge in [-0.25, -0.2) is 4.98 Å². The van der Waals surface area contributed by atoms with Gasteiger partial charge < -0.3 is 19.9 Å². The monoisotopic (exact) mass is 393 g/mol. The van der Waals surface area contributed by atoms with Crippen LogP contribution in [0.15, 0.2) is 12.1 Å². The molecule has 2 aliphatic heterocycles. The van der Waals surface area contributed by atoms with Crippen molar-refractivity contribution in [3.05, 3.63) is 17.7 Å². The molecule has 1 amide bonds. The van der Waals surface area contributed by atoms with Crippen molar-refractivity contribution >= 4 is 22.9 Å². The Morgan fingerprint density at radius 3 is 2.93 bits per heavy atom. The van der Waals surface area contributed by atoms with E-state index in [1.807, 2.05) is 0 Å². The summed E-state index contributed by atoms with van der Waals surface area (Å²) in [5.74, 6) is 1.96. The van der Waals surface area contributed by atoms with Crippen molar-refractivity contribution in [3.8, 4) is 11.8 Å². The molecule has 7 heteroatoms. The van der Waals surface area contributed by atoms with Gasteiger partial charge in [0.15, 0.2) is 0 Å². The largest absolute Gasteiger partial charge is 0.491 e. The number of piperidine rings is 1. The normalized spacial score (nSPS) is 22.6. The zero-order valence-electron chi connectivity index (χ0n) is 16.6. The molecule has 29 heavy (non-hydrogen) atoms. The number of hydrogen-bond donors (Lipinski definition) is 1. The van der Waals surface area contributed by atoms with Gasteiger partial charge in [0, 0.05) is 25.6 Å². The number of ether oxygens (including phenoxy) is 1. The molecule has 0 bridgehead atoms. The molecular formula is C22H27N5O2. The molecule has 2 fully saturated rings. The number of benzene rings is 1. The summed E-state index contributed by atoms with van der Waals surface area (Å²) >= 11 is 0. The number of aromatic nitrogens is 2. The first kappa shape index (κ1) is 18.3. The van der Waals surface area contributed by atoms with Crippen LogP contribution in [0.25, 0.3) is 11.0 Å². The van der Waals surface area contributed by atoms with Gasteiger partial charge in [-0.3, -0.25) is 4.79 Å². The molecule has 5 rings (SSSR count). The van der Waals surface area contributed by atoms with Crippen LogP contribution in [0.2, 0.25) is 0 Å². The van der Waals surface area contributed by atoms with E-state index in [1.54, 1.807) is 0 Å². The first-order valence-electron chi connectivity index (χ1n) is 10.7. The fourth-order valence-corrected chi connectivity index (χ4v) is 4.88. The first-order valence-corrected chi connectivity index (χ1v) is 10.7. The number of primary amides is 1. The van der Waals surface area contributed by atoms with Crippen LogP contribution in [-0.4, -0.2) is 35.2 Å². The molecule has 1 aromatic carbocycles. The van der Waals surface area contributed by atoms with Gasteiger partial charge in [0.05, 0.1) is 24.1 Å². The van der Waals surface area contributed by atoms with E-state index in [2.05, 4.69) is 27.7 Å². The average Bonchev–Trinajstić information content (AvgIpc) is 3.52.